The summed E-state index contributed by atoms with van der Waals surface area (Å²) in [7, 11) is 0. The van der Waals surface area contributed by atoms with Crippen LogP contribution in [0.5, 0.6) is 0 Å². The van der Waals surface area contributed by atoms with Gasteiger partial charge in [-0.2, -0.15) is 0 Å². The molecule has 8 heteroatoms. The number of benzene rings is 1. The van der Waals surface area contributed by atoms with Gasteiger partial charge in [0, 0.05) is 30.1 Å². The van der Waals surface area contributed by atoms with Gasteiger partial charge in [0.1, 0.15) is 5.82 Å². The van der Waals surface area contributed by atoms with E-state index in [2.05, 4.69) is 20.3 Å². The van der Waals surface area contributed by atoms with Crippen molar-refractivity contribution in [3.63, 3.8) is 0 Å². The Bertz CT molecular complexity index is 1120. The lowest BCUT2D eigenvalue weighted by Gasteiger charge is -2.19. The quantitative estimate of drug-likeness (QED) is 0.617. The third kappa shape index (κ3) is 3.20. The maximum absolute atomic E-state index is 12.3. The molecule has 138 valence electrons. The molecule has 0 amide bonds. The van der Waals surface area contributed by atoms with Gasteiger partial charge in [0.05, 0.1) is 32.7 Å². The highest BCUT2D eigenvalue weighted by molar-refractivity contribution is 6.39. The van der Waals surface area contributed by atoms with Gasteiger partial charge in [-0.25, -0.2) is 4.98 Å². The Morgan fingerprint density at radius 2 is 2.04 bits per heavy atom. The third-order valence-corrected chi connectivity index (χ3v) is 5.15. The highest BCUT2D eigenvalue weighted by atomic mass is 35.5. The van der Waals surface area contributed by atoms with Crippen LogP contribution in [0.2, 0.25) is 10.0 Å². The fourth-order valence-electron chi connectivity index (χ4n) is 3.19. The number of aliphatic imine (C=N–C) groups is 1. The zero-order chi connectivity index (χ0) is 19.1. The predicted molar refractivity (Wildman–Crippen MR) is 109 cm³/mol. The number of fused-ring (bicyclic) bond motifs is 3. The second-order valence-electron chi connectivity index (χ2n) is 6.37. The molecule has 1 aromatic carbocycles. The van der Waals surface area contributed by atoms with Crippen molar-refractivity contribution in [3.8, 4) is 0 Å². The number of aromatic nitrogens is 2. The predicted octanol–water partition coefficient (Wildman–Crippen LogP) is 4.00. The molecule has 0 aliphatic carbocycles. The van der Waals surface area contributed by atoms with Gasteiger partial charge in [0.25, 0.3) is 5.56 Å². The minimum Gasteiger partial charge on any atom is -0.389 e. The molecule has 1 atom stereocenters. The lowest BCUT2D eigenvalue weighted by atomic mass is 10.00. The molecule has 3 heterocycles. The van der Waals surface area contributed by atoms with Crippen LogP contribution in [0.1, 0.15) is 29.7 Å². The summed E-state index contributed by atoms with van der Waals surface area (Å²) in [6.45, 7) is 2.26. The molecule has 3 N–H and O–H groups in total. The molecular formula is C19H16Cl2N4O2. The Hall–Kier alpha value is -2.41. The van der Waals surface area contributed by atoms with Crippen LogP contribution in [0.4, 0.5) is 11.5 Å². The molecule has 0 bridgehead atoms. The summed E-state index contributed by atoms with van der Waals surface area (Å²) in [4.78, 5) is 23.9. The van der Waals surface area contributed by atoms with E-state index in [4.69, 9.17) is 23.2 Å². The molecular weight excluding hydrogens is 387 g/mol. The molecule has 6 nitrogen and oxygen atoms in total. The van der Waals surface area contributed by atoms with Gasteiger partial charge >= 0.3 is 0 Å². The van der Waals surface area contributed by atoms with Gasteiger partial charge in [0.15, 0.2) is 0 Å². The maximum Gasteiger partial charge on any atom is 0.258 e. The Balaban J connectivity index is 1.89. The van der Waals surface area contributed by atoms with E-state index in [1.165, 1.54) is 0 Å². The fraction of sp³-hybridized carbons (Fsp3) is 0.211. The van der Waals surface area contributed by atoms with Crippen molar-refractivity contribution in [1.29, 1.82) is 0 Å². The first-order valence-corrected chi connectivity index (χ1v) is 9.19. The van der Waals surface area contributed by atoms with Crippen LogP contribution in [0.25, 0.3) is 10.9 Å². The summed E-state index contributed by atoms with van der Waals surface area (Å²) >= 11 is 12.8. The van der Waals surface area contributed by atoms with Crippen LogP contribution in [-0.4, -0.2) is 27.8 Å². The molecule has 0 fully saturated rings. The standard InChI is InChI=1S/C19H16Cl2N4O2/c1-9(26)10-6-13(20)17(14(21)7-10)25-18-11-2-4-22-8-12(11)16-15(24-18)3-5-23-19(16)27/h3,5-9,26H,2,4H2,1H3,(H,23,27)(H,24,25)/t9-/m1/s1. The van der Waals surface area contributed by atoms with Gasteiger partial charge in [-0.3, -0.25) is 9.79 Å². The molecule has 1 aliphatic rings. The van der Waals surface area contributed by atoms with Crippen LogP contribution in [0.15, 0.2) is 34.2 Å². The molecule has 3 aromatic rings. The van der Waals surface area contributed by atoms with Gasteiger partial charge in [-0.1, -0.05) is 23.2 Å². The first kappa shape index (κ1) is 18.0. The summed E-state index contributed by atoms with van der Waals surface area (Å²) in [5.74, 6) is 0.586. The minimum absolute atomic E-state index is 0.200. The van der Waals surface area contributed by atoms with Crippen molar-refractivity contribution in [2.24, 2.45) is 4.99 Å². The number of aliphatic hydroxyl groups is 1. The van der Waals surface area contributed by atoms with E-state index in [1.807, 2.05) is 0 Å². The highest BCUT2D eigenvalue weighted by Crippen LogP contribution is 2.37. The number of nitrogens with zero attached hydrogens (tertiary/aromatic N) is 2. The Kier molecular flexibility index (Phi) is 4.63. The number of pyridine rings is 2. The van der Waals surface area contributed by atoms with E-state index in [9.17, 15) is 9.90 Å². The smallest absolute Gasteiger partial charge is 0.258 e. The maximum atomic E-state index is 12.3. The number of aromatic amines is 1. The number of hydrogen-bond donors (Lipinski definition) is 3. The van der Waals surface area contributed by atoms with Crippen molar-refractivity contribution in [2.45, 2.75) is 19.4 Å². The largest absolute Gasteiger partial charge is 0.389 e. The van der Waals surface area contributed by atoms with E-state index < -0.39 is 6.10 Å². The van der Waals surface area contributed by atoms with Crippen LogP contribution in [0.3, 0.4) is 0 Å². The van der Waals surface area contributed by atoms with Gasteiger partial charge in [-0.05, 0) is 37.1 Å². The normalized spacial score (nSPS) is 14.2. The monoisotopic (exact) mass is 402 g/mol. The SMILES string of the molecule is C[C@@H](O)c1cc(Cl)c(Nc2nc3cc[nH]c(=O)c3c3c2CCN=C3)c(Cl)c1. The summed E-state index contributed by atoms with van der Waals surface area (Å²) in [6.07, 6.45) is 3.24. The number of anilines is 2. The topological polar surface area (TPSA) is 90.4 Å². The van der Waals surface area contributed by atoms with E-state index in [1.54, 1.807) is 37.5 Å². The van der Waals surface area contributed by atoms with Crippen LogP contribution < -0.4 is 10.9 Å². The van der Waals surface area contributed by atoms with E-state index in [0.717, 1.165) is 11.1 Å². The zero-order valence-corrected chi connectivity index (χ0v) is 15.9. The molecule has 27 heavy (non-hydrogen) atoms. The Morgan fingerprint density at radius 3 is 2.74 bits per heavy atom. The highest BCUT2D eigenvalue weighted by Gasteiger charge is 2.20. The van der Waals surface area contributed by atoms with E-state index >= 15 is 0 Å². The summed E-state index contributed by atoms with van der Waals surface area (Å²) in [5.41, 5.74) is 3.13. The van der Waals surface area contributed by atoms with Crippen LogP contribution >= 0.6 is 23.2 Å². The van der Waals surface area contributed by atoms with Gasteiger partial charge in [0.2, 0.25) is 0 Å². The molecule has 0 radical (unpaired) electrons. The number of rotatable bonds is 3. The Labute approximate surface area is 164 Å². The first-order valence-electron chi connectivity index (χ1n) is 8.44. The number of hydrogen-bond acceptors (Lipinski definition) is 5. The molecule has 0 unspecified atom stereocenters. The molecule has 1 aliphatic heterocycles. The van der Waals surface area contributed by atoms with Crippen molar-refractivity contribution in [3.05, 3.63) is 61.5 Å². The average molecular weight is 403 g/mol. The van der Waals surface area contributed by atoms with Crippen LogP contribution in [-0.2, 0) is 6.42 Å². The summed E-state index contributed by atoms with van der Waals surface area (Å²) in [6, 6.07) is 5.07. The third-order valence-electron chi connectivity index (χ3n) is 4.55. The fourth-order valence-corrected chi connectivity index (χ4v) is 3.79. The van der Waals surface area contributed by atoms with Gasteiger partial charge < -0.3 is 15.4 Å². The van der Waals surface area contributed by atoms with Crippen molar-refractivity contribution < 1.29 is 5.11 Å². The average Bonchev–Trinajstić information content (AvgIpc) is 2.64. The number of halogens is 2. The first-order chi connectivity index (χ1) is 13.0. The van der Waals surface area contributed by atoms with Gasteiger partial charge in [-0.15, -0.1) is 0 Å². The molecule has 4 rings (SSSR count). The number of aliphatic hydroxyl groups excluding tert-OH is 1. The summed E-state index contributed by atoms with van der Waals surface area (Å²) < 4.78 is 0. The molecule has 0 spiro atoms. The molecule has 2 aromatic heterocycles. The minimum atomic E-state index is -0.677. The van der Waals surface area contributed by atoms with Crippen molar-refractivity contribution in [1.82, 2.24) is 9.97 Å². The summed E-state index contributed by atoms with van der Waals surface area (Å²) in [5, 5.41) is 14.2. The lowest BCUT2D eigenvalue weighted by Crippen LogP contribution is -2.15. The van der Waals surface area contributed by atoms with Crippen LogP contribution in [0, 0.1) is 0 Å². The van der Waals surface area contributed by atoms with E-state index in [-0.39, 0.29) is 5.56 Å². The zero-order valence-electron chi connectivity index (χ0n) is 14.4. The van der Waals surface area contributed by atoms with E-state index in [0.29, 0.717) is 51.0 Å². The number of nitrogens with one attached hydrogen (secondary N) is 2. The number of H-pyrrole nitrogens is 1. The molecule has 0 saturated heterocycles. The van der Waals surface area contributed by atoms with Crippen molar-refractivity contribution in [2.75, 3.05) is 11.9 Å². The molecule has 0 saturated carbocycles. The second-order valence-corrected chi connectivity index (χ2v) is 7.18. The lowest BCUT2D eigenvalue weighted by molar-refractivity contribution is 0.199. The Morgan fingerprint density at radius 1 is 1.30 bits per heavy atom. The van der Waals surface area contributed by atoms with Crippen molar-refractivity contribution >= 4 is 51.8 Å². The second kappa shape index (κ2) is 6.96.